The fourth-order valence-corrected chi connectivity index (χ4v) is 4.67. The SMILES string of the molecule is CC(C)(C)OC(=O)C(N)CCNC(=O)/C=C/c1nc(CSc2ccccc2Cl)ccc1OCCc1ccccc1. The number of rotatable bonds is 13. The topological polar surface area (TPSA) is 104 Å². The van der Waals surface area contributed by atoms with Gasteiger partial charge in [0.25, 0.3) is 0 Å². The van der Waals surface area contributed by atoms with Gasteiger partial charge < -0.3 is 20.5 Å². The highest BCUT2D eigenvalue weighted by atomic mass is 35.5. The molecular weight excluding hydrogens is 546 g/mol. The molecule has 0 aliphatic heterocycles. The van der Waals surface area contributed by atoms with Crippen LogP contribution in [0.5, 0.6) is 5.75 Å². The number of hydrogen-bond donors (Lipinski definition) is 2. The van der Waals surface area contributed by atoms with Crippen LogP contribution in [0.3, 0.4) is 0 Å². The minimum absolute atomic E-state index is 0.228. The van der Waals surface area contributed by atoms with Crippen molar-refractivity contribution in [2.24, 2.45) is 5.73 Å². The summed E-state index contributed by atoms with van der Waals surface area (Å²) >= 11 is 7.88. The van der Waals surface area contributed by atoms with Gasteiger partial charge in [-0.3, -0.25) is 9.59 Å². The Balaban J connectivity index is 1.63. The average molecular weight is 582 g/mol. The number of nitrogens with two attached hydrogens (primary N) is 1. The number of nitrogens with one attached hydrogen (secondary N) is 1. The predicted octanol–water partition coefficient (Wildman–Crippen LogP) is 5.84. The number of thioether (sulfide) groups is 1. The summed E-state index contributed by atoms with van der Waals surface area (Å²) < 4.78 is 11.3. The van der Waals surface area contributed by atoms with Crippen LogP contribution in [-0.4, -0.2) is 41.7 Å². The molecule has 1 unspecified atom stereocenters. The maximum atomic E-state index is 12.5. The molecule has 0 radical (unpaired) electrons. The molecular formula is C31H36ClN3O4S. The average Bonchev–Trinajstić information content (AvgIpc) is 2.92. The number of carbonyl (C=O) groups is 2. The van der Waals surface area contributed by atoms with Gasteiger partial charge in [-0.1, -0.05) is 54.1 Å². The Morgan fingerprint density at radius 1 is 1.07 bits per heavy atom. The van der Waals surface area contributed by atoms with E-state index in [0.717, 1.165) is 17.0 Å². The van der Waals surface area contributed by atoms with Crippen LogP contribution in [0, 0.1) is 0 Å². The van der Waals surface area contributed by atoms with Crippen LogP contribution in [0.1, 0.15) is 44.1 Å². The van der Waals surface area contributed by atoms with Crippen LogP contribution < -0.4 is 15.8 Å². The Labute approximate surface area is 245 Å². The zero-order valence-electron chi connectivity index (χ0n) is 23.1. The normalized spacial score (nSPS) is 12.2. The van der Waals surface area contributed by atoms with Gasteiger partial charge in [0.1, 0.15) is 23.1 Å². The van der Waals surface area contributed by atoms with Crippen LogP contribution in [-0.2, 0) is 26.5 Å². The van der Waals surface area contributed by atoms with E-state index in [0.29, 0.717) is 28.8 Å². The third-order valence-corrected chi connectivity index (χ3v) is 7.05. The van der Waals surface area contributed by atoms with Crippen molar-refractivity contribution in [1.82, 2.24) is 10.3 Å². The molecule has 212 valence electrons. The first kappa shape index (κ1) is 31.2. The molecule has 3 N–H and O–H groups in total. The second-order valence-electron chi connectivity index (χ2n) is 10.0. The lowest BCUT2D eigenvalue weighted by Crippen LogP contribution is -2.39. The number of amides is 1. The summed E-state index contributed by atoms with van der Waals surface area (Å²) in [6.45, 7) is 6.04. The van der Waals surface area contributed by atoms with Gasteiger partial charge in [0.05, 0.1) is 17.3 Å². The number of aromatic nitrogens is 1. The number of hydrogen-bond acceptors (Lipinski definition) is 7. The van der Waals surface area contributed by atoms with E-state index >= 15 is 0 Å². The second-order valence-corrected chi connectivity index (χ2v) is 11.5. The van der Waals surface area contributed by atoms with Crippen molar-refractivity contribution >= 4 is 41.3 Å². The predicted molar refractivity (Wildman–Crippen MR) is 161 cm³/mol. The largest absolute Gasteiger partial charge is 0.491 e. The lowest BCUT2D eigenvalue weighted by molar-refractivity contribution is -0.156. The van der Waals surface area contributed by atoms with Crippen LogP contribution in [0.2, 0.25) is 5.02 Å². The lowest BCUT2D eigenvalue weighted by Gasteiger charge is -2.22. The van der Waals surface area contributed by atoms with Crippen LogP contribution >= 0.6 is 23.4 Å². The maximum Gasteiger partial charge on any atom is 0.323 e. The highest BCUT2D eigenvalue weighted by Crippen LogP contribution is 2.30. The molecule has 0 aliphatic rings. The molecule has 1 amide bonds. The molecule has 0 saturated carbocycles. The number of benzene rings is 2. The summed E-state index contributed by atoms with van der Waals surface area (Å²) in [7, 11) is 0. The van der Waals surface area contributed by atoms with Gasteiger partial charge in [-0.25, -0.2) is 4.98 Å². The molecule has 0 aliphatic carbocycles. The van der Waals surface area contributed by atoms with Crippen molar-refractivity contribution in [2.75, 3.05) is 13.2 Å². The maximum absolute atomic E-state index is 12.5. The number of ether oxygens (including phenoxy) is 2. The summed E-state index contributed by atoms with van der Waals surface area (Å²) in [4.78, 5) is 30.3. The third kappa shape index (κ3) is 11.0. The van der Waals surface area contributed by atoms with E-state index in [1.165, 1.54) is 11.6 Å². The zero-order chi connectivity index (χ0) is 29.0. The molecule has 2 aromatic carbocycles. The second kappa shape index (κ2) is 15.5. The van der Waals surface area contributed by atoms with Gasteiger partial charge in [-0.15, -0.1) is 11.8 Å². The van der Waals surface area contributed by atoms with Crippen molar-refractivity contribution in [3.8, 4) is 5.75 Å². The standard InChI is InChI=1S/C31H36ClN3O4S/c1-31(2,3)39-30(37)25(33)17-19-34-29(36)16-14-26-27(38-20-18-22-9-5-4-6-10-22)15-13-23(35-26)21-40-28-12-8-7-11-24(28)32/h4-16,25H,17-21,33H2,1-3H3,(H,34,36)/b16-14+. The summed E-state index contributed by atoms with van der Waals surface area (Å²) in [6.07, 6.45) is 4.03. The van der Waals surface area contributed by atoms with E-state index in [-0.39, 0.29) is 18.9 Å². The molecule has 3 rings (SSSR count). The summed E-state index contributed by atoms with van der Waals surface area (Å²) in [5.74, 6) is 0.358. The first-order valence-corrected chi connectivity index (χ1v) is 14.5. The van der Waals surface area contributed by atoms with Crippen molar-refractivity contribution in [3.63, 3.8) is 0 Å². The van der Waals surface area contributed by atoms with Crippen LogP contribution in [0.25, 0.3) is 6.08 Å². The van der Waals surface area contributed by atoms with E-state index in [1.54, 1.807) is 38.6 Å². The first-order valence-electron chi connectivity index (χ1n) is 13.1. The zero-order valence-corrected chi connectivity index (χ0v) is 24.6. The Morgan fingerprint density at radius 2 is 1.80 bits per heavy atom. The van der Waals surface area contributed by atoms with Crippen molar-refractivity contribution in [1.29, 1.82) is 0 Å². The molecule has 1 aromatic heterocycles. The monoisotopic (exact) mass is 581 g/mol. The summed E-state index contributed by atoms with van der Waals surface area (Å²) in [6, 6.07) is 20.7. The molecule has 1 atom stereocenters. The van der Waals surface area contributed by atoms with E-state index in [1.807, 2.05) is 54.6 Å². The van der Waals surface area contributed by atoms with E-state index in [2.05, 4.69) is 17.4 Å². The van der Waals surface area contributed by atoms with Gasteiger partial charge in [-0.05, 0) is 63.1 Å². The van der Waals surface area contributed by atoms with Gasteiger partial charge in [-0.2, -0.15) is 0 Å². The molecule has 9 heteroatoms. The number of carbonyl (C=O) groups excluding carboxylic acids is 2. The molecule has 0 fully saturated rings. The quantitative estimate of drug-likeness (QED) is 0.148. The van der Waals surface area contributed by atoms with Crippen molar-refractivity contribution in [2.45, 2.75) is 55.9 Å². The van der Waals surface area contributed by atoms with Crippen molar-refractivity contribution < 1.29 is 19.1 Å². The molecule has 1 heterocycles. The molecule has 40 heavy (non-hydrogen) atoms. The highest BCUT2D eigenvalue weighted by molar-refractivity contribution is 7.98. The van der Waals surface area contributed by atoms with Crippen molar-refractivity contribution in [3.05, 3.63) is 94.8 Å². The number of pyridine rings is 1. The smallest absolute Gasteiger partial charge is 0.323 e. The number of nitrogens with zero attached hydrogens (tertiary/aromatic N) is 1. The van der Waals surface area contributed by atoms with Crippen LogP contribution in [0.15, 0.2) is 77.7 Å². The third-order valence-electron chi connectivity index (χ3n) is 5.50. The van der Waals surface area contributed by atoms with E-state index in [9.17, 15) is 9.59 Å². The Morgan fingerprint density at radius 3 is 2.52 bits per heavy atom. The van der Waals surface area contributed by atoms with Gasteiger partial charge >= 0.3 is 5.97 Å². The first-order chi connectivity index (χ1) is 19.1. The number of esters is 1. The molecule has 0 saturated heterocycles. The van der Waals surface area contributed by atoms with E-state index < -0.39 is 17.6 Å². The Kier molecular flexibility index (Phi) is 12.1. The van der Waals surface area contributed by atoms with Gasteiger partial charge in [0.15, 0.2) is 0 Å². The molecule has 3 aromatic rings. The van der Waals surface area contributed by atoms with Crippen LogP contribution in [0.4, 0.5) is 0 Å². The minimum atomic E-state index is -0.818. The highest BCUT2D eigenvalue weighted by Gasteiger charge is 2.21. The Bertz CT molecular complexity index is 1300. The Hall–Kier alpha value is -3.33. The molecule has 0 bridgehead atoms. The molecule has 0 spiro atoms. The lowest BCUT2D eigenvalue weighted by atomic mass is 10.1. The van der Waals surface area contributed by atoms with Gasteiger partial charge in [0, 0.05) is 29.7 Å². The molecule has 7 nitrogen and oxygen atoms in total. The van der Waals surface area contributed by atoms with Gasteiger partial charge in [0.2, 0.25) is 5.91 Å². The minimum Gasteiger partial charge on any atom is -0.491 e. The van der Waals surface area contributed by atoms with E-state index in [4.69, 9.17) is 31.8 Å². The number of halogens is 1. The fourth-order valence-electron chi connectivity index (χ4n) is 3.52. The summed E-state index contributed by atoms with van der Waals surface area (Å²) in [5.41, 5.74) is 7.82. The fraction of sp³-hybridized carbons (Fsp3) is 0.323. The summed E-state index contributed by atoms with van der Waals surface area (Å²) in [5, 5.41) is 3.44.